The molecule has 1 saturated heterocycles. The van der Waals surface area contributed by atoms with E-state index in [1.165, 1.54) is 22.1 Å². The fourth-order valence-electron chi connectivity index (χ4n) is 2.22. The van der Waals surface area contributed by atoms with Gasteiger partial charge in [-0.2, -0.15) is 0 Å². The SMILES string of the molecule is c1cc(SN2CCCNCC2)c2ccncc2c1. The first-order valence-corrected chi connectivity index (χ1v) is 7.17. The molecule has 0 radical (unpaired) electrons. The quantitative estimate of drug-likeness (QED) is 0.839. The lowest BCUT2D eigenvalue weighted by Gasteiger charge is -2.18. The monoisotopic (exact) mass is 259 g/mol. The molecule has 94 valence electrons. The van der Waals surface area contributed by atoms with Crippen molar-refractivity contribution in [3.05, 3.63) is 36.7 Å². The molecule has 1 aliphatic rings. The highest BCUT2D eigenvalue weighted by Crippen LogP contribution is 2.29. The van der Waals surface area contributed by atoms with Gasteiger partial charge in [0.05, 0.1) is 0 Å². The number of nitrogens with one attached hydrogen (secondary N) is 1. The summed E-state index contributed by atoms with van der Waals surface area (Å²) >= 11 is 1.87. The van der Waals surface area contributed by atoms with E-state index in [-0.39, 0.29) is 0 Å². The lowest BCUT2D eigenvalue weighted by Crippen LogP contribution is -2.22. The number of nitrogens with zero attached hydrogens (tertiary/aromatic N) is 2. The molecule has 0 saturated carbocycles. The highest BCUT2D eigenvalue weighted by molar-refractivity contribution is 7.97. The maximum Gasteiger partial charge on any atom is 0.0346 e. The van der Waals surface area contributed by atoms with Gasteiger partial charge in [-0.15, -0.1) is 0 Å². The number of hydrogen-bond acceptors (Lipinski definition) is 4. The van der Waals surface area contributed by atoms with Crippen molar-refractivity contribution in [2.45, 2.75) is 11.3 Å². The first kappa shape index (κ1) is 12.0. The number of pyridine rings is 1. The average Bonchev–Trinajstić information content (AvgIpc) is 2.68. The Morgan fingerprint density at radius 2 is 2.17 bits per heavy atom. The second-order valence-electron chi connectivity index (χ2n) is 4.48. The Bertz CT molecular complexity index is 516. The highest BCUT2D eigenvalue weighted by Gasteiger charge is 2.11. The summed E-state index contributed by atoms with van der Waals surface area (Å²) in [6.45, 7) is 4.47. The summed E-state index contributed by atoms with van der Waals surface area (Å²) in [5.74, 6) is 0. The molecule has 4 heteroatoms. The van der Waals surface area contributed by atoms with E-state index in [2.05, 4.69) is 38.9 Å². The van der Waals surface area contributed by atoms with Crippen molar-refractivity contribution < 1.29 is 0 Å². The third-order valence-electron chi connectivity index (χ3n) is 3.17. The van der Waals surface area contributed by atoms with Gasteiger partial charge in [0.25, 0.3) is 0 Å². The Hall–Kier alpha value is -1.10. The first-order chi connectivity index (χ1) is 8.93. The number of rotatable bonds is 2. The van der Waals surface area contributed by atoms with Crippen LogP contribution >= 0.6 is 11.9 Å². The van der Waals surface area contributed by atoms with Crippen LogP contribution in [0.5, 0.6) is 0 Å². The van der Waals surface area contributed by atoms with E-state index in [1.54, 1.807) is 0 Å². The van der Waals surface area contributed by atoms with Crippen LogP contribution in [0.25, 0.3) is 10.8 Å². The summed E-state index contributed by atoms with van der Waals surface area (Å²) in [5, 5.41) is 5.95. The zero-order chi connectivity index (χ0) is 12.2. The van der Waals surface area contributed by atoms with E-state index < -0.39 is 0 Å². The minimum absolute atomic E-state index is 1.08. The van der Waals surface area contributed by atoms with Gasteiger partial charge < -0.3 is 5.32 Å². The molecule has 18 heavy (non-hydrogen) atoms. The summed E-state index contributed by atoms with van der Waals surface area (Å²) < 4.78 is 2.45. The number of aromatic nitrogens is 1. The second kappa shape index (κ2) is 5.69. The minimum Gasteiger partial charge on any atom is -0.315 e. The smallest absolute Gasteiger partial charge is 0.0346 e. The van der Waals surface area contributed by atoms with E-state index >= 15 is 0 Å². The van der Waals surface area contributed by atoms with Gasteiger partial charge in [0, 0.05) is 42.3 Å². The molecule has 3 nitrogen and oxygen atoms in total. The van der Waals surface area contributed by atoms with Crippen LogP contribution in [-0.4, -0.2) is 35.5 Å². The molecule has 1 N–H and O–H groups in total. The van der Waals surface area contributed by atoms with Crippen molar-refractivity contribution in [3.8, 4) is 0 Å². The summed E-state index contributed by atoms with van der Waals surface area (Å²) in [4.78, 5) is 5.51. The van der Waals surface area contributed by atoms with Crippen LogP contribution < -0.4 is 5.32 Å². The average molecular weight is 259 g/mol. The Morgan fingerprint density at radius 3 is 3.17 bits per heavy atom. The number of hydrogen-bond donors (Lipinski definition) is 1. The van der Waals surface area contributed by atoms with Gasteiger partial charge in [0.15, 0.2) is 0 Å². The van der Waals surface area contributed by atoms with Crippen molar-refractivity contribution in [1.29, 1.82) is 0 Å². The molecule has 2 aromatic rings. The van der Waals surface area contributed by atoms with E-state index in [4.69, 9.17) is 0 Å². The molecule has 0 unspecified atom stereocenters. The Kier molecular flexibility index (Phi) is 3.78. The summed E-state index contributed by atoms with van der Waals surface area (Å²) in [5.41, 5.74) is 0. The van der Waals surface area contributed by atoms with Gasteiger partial charge in [0.1, 0.15) is 0 Å². The van der Waals surface area contributed by atoms with Crippen LogP contribution in [0.15, 0.2) is 41.6 Å². The first-order valence-electron chi connectivity index (χ1n) is 6.40. The normalized spacial score (nSPS) is 17.8. The molecular weight excluding hydrogens is 242 g/mol. The van der Waals surface area contributed by atoms with E-state index in [1.807, 2.05) is 24.3 Å². The molecule has 0 amide bonds. The molecule has 0 spiro atoms. The van der Waals surface area contributed by atoms with Crippen molar-refractivity contribution in [2.75, 3.05) is 26.2 Å². The molecule has 0 bridgehead atoms. The Labute approximate surface area is 112 Å². The van der Waals surface area contributed by atoms with Crippen LogP contribution in [0.4, 0.5) is 0 Å². The molecule has 1 aromatic carbocycles. The lowest BCUT2D eigenvalue weighted by atomic mass is 10.2. The van der Waals surface area contributed by atoms with Crippen molar-refractivity contribution in [3.63, 3.8) is 0 Å². The van der Waals surface area contributed by atoms with Crippen molar-refractivity contribution >= 4 is 22.7 Å². The third-order valence-corrected chi connectivity index (χ3v) is 4.34. The van der Waals surface area contributed by atoms with Gasteiger partial charge in [0.2, 0.25) is 0 Å². The number of fused-ring (bicyclic) bond motifs is 1. The fourth-order valence-corrected chi connectivity index (χ4v) is 3.33. The number of benzene rings is 1. The summed E-state index contributed by atoms with van der Waals surface area (Å²) in [6.07, 6.45) is 5.03. The standard InChI is InChI=1S/C14H17N3S/c1-3-12-11-16-7-5-13(12)14(4-1)18-17-9-2-6-15-8-10-17/h1,3-5,7,11,15H,2,6,8-10H2. The summed E-state index contributed by atoms with van der Waals surface area (Å²) in [6, 6.07) is 8.54. The molecular formula is C14H17N3S. The molecule has 1 aliphatic heterocycles. The maximum atomic E-state index is 4.18. The van der Waals surface area contributed by atoms with Crippen LogP contribution in [0.3, 0.4) is 0 Å². The van der Waals surface area contributed by atoms with Gasteiger partial charge >= 0.3 is 0 Å². The Morgan fingerprint density at radius 1 is 1.17 bits per heavy atom. The lowest BCUT2D eigenvalue weighted by molar-refractivity contribution is 0.502. The molecule has 2 heterocycles. The zero-order valence-electron chi connectivity index (χ0n) is 10.3. The van der Waals surface area contributed by atoms with Crippen LogP contribution in [-0.2, 0) is 0 Å². The van der Waals surface area contributed by atoms with Gasteiger partial charge in [-0.3, -0.25) is 4.98 Å². The van der Waals surface area contributed by atoms with E-state index in [0.717, 1.165) is 26.2 Å². The largest absolute Gasteiger partial charge is 0.315 e. The van der Waals surface area contributed by atoms with Crippen LogP contribution in [0.2, 0.25) is 0 Å². The molecule has 0 atom stereocenters. The molecule has 1 aromatic heterocycles. The van der Waals surface area contributed by atoms with Crippen molar-refractivity contribution in [2.24, 2.45) is 0 Å². The maximum absolute atomic E-state index is 4.18. The van der Waals surface area contributed by atoms with Gasteiger partial charge in [-0.25, -0.2) is 4.31 Å². The Balaban J connectivity index is 1.85. The minimum atomic E-state index is 1.08. The second-order valence-corrected chi connectivity index (χ2v) is 5.62. The van der Waals surface area contributed by atoms with Gasteiger partial charge in [-0.1, -0.05) is 12.1 Å². The highest BCUT2D eigenvalue weighted by atomic mass is 32.2. The fraction of sp³-hybridized carbons (Fsp3) is 0.357. The summed E-state index contributed by atoms with van der Waals surface area (Å²) in [7, 11) is 0. The predicted octanol–water partition coefficient (Wildman–Crippen LogP) is 2.54. The van der Waals surface area contributed by atoms with Crippen LogP contribution in [0.1, 0.15) is 6.42 Å². The third kappa shape index (κ3) is 2.66. The molecule has 0 aliphatic carbocycles. The van der Waals surface area contributed by atoms with E-state index in [0.29, 0.717) is 0 Å². The van der Waals surface area contributed by atoms with E-state index in [9.17, 15) is 0 Å². The zero-order valence-corrected chi connectivity index (χ0v) is 11.1. The van der Waals surface area contributed by atoms with Gasteiger partial charge in [-0.05, 0) is 42.4 Å². The molecule has 3 rings (SSSR count). The van der Waals surface area contributed by atoms with Crippen LogP contribution in [0, 0.1) is 0 Å². The van der Waals surface area contributed by atoms with Crippen molar-refractivity contribution in [1.82, 2.24) is 14.6 Å². The molecule has 1 fully saturated rings. The predicted molar refractivity (Wildman–Crippen MR) is 76.7 cm³/mol. The topological polar surface area (TPSA) is 28.2 Å².